The van der Waals surface area contributed by atoms with Gasteiger partial charge in [-0.1, -0.05) is 13.8 Å². The summed E-state index contributed by atoms with van der Waals surface area (Å²) in [5, 5.41) is 3.38. The van der Waals surface area contributed by atoms with Crippen LogP contribution in [0.5, 0.6) is 0 Å². The topological polar surface area (TPSA) is 15.3 Å². The molecule has 0 amide bonds. The molecule has 1 atom stereocenters. The summed E-state index contributed by atoms with van der Waals surface area (Å²) in [7, 11) is 2.07. The fourth-order valence-corrected chi connectivity index (χ4v) is 2.27. The molecule has 1 saturated heterocycles. The van der Waals surface area contributed by atoms with Gasteiger partial charge in [-0.3, -0.25) is 4.90 Å². The van der Waals surface area contributed by atoms with Gasteiger partial charge in [0, 0.05) is 24.7 Å². The van der Waals surface area contributed by atoms with Gasteiger partial charge in [-0.05, 0) is 33.2 Å². The maximum atomic E-state index is 3.38. The van der Waals surface area contributed by atoms with Crippen LogP contribution >= 0.6 is 0 Å². The molecule has 2 nitrogen and oxygen atoms in total. The van der Waals surface area contributed by atoms with Gasteiger partial charge in [0.15, 0.2) is 0 Å². The van der Waals surface area contributed by atoms with Crippen LogP contribution in [-0.2, 0) is 0 Å². The van der Waals surface area contributed by atoms with Gasteiger partial charge in [0.1, 0.15) is 0 Å². The Bertz CT molecular complexity index is 163. The van der Waals surface area contributed by atoms with Crippen LogP contribution in [-0.4, -0.2) is 36.6 Å². The van der Waals surface area contributed by atoms with Gasteiger partial charge in [0.2, 0.25) is 0 Å². The average Bonchev–Trinajstić information content (AvgIpc) is 2.26. The smallest absolute Gasteiger partial charge is 0.0209 e. The Labute approximate surface area is 82.7 Å². The lowest BCUT2D eigenvalue weighted by Gasteiger charge is -2.32. The first kappa shape index (κ1) is 11.0. The Morgan fingerprint density at radius 2 is 2.08 bits per heavy atom. The minimum atomic E-state index is 0.387. The molecule has 1 unspecified atom stereocenters. The normalized spacial score (nSPS) is 28.6. The Kier molecular flexibility index (Phi) is 3.36. The number of rotatable bonds is 3. The van der Waals surface area contributed by atoms with Crippen molar-refractivity contribution in [2.24, 2.45) is 5.92 Å². The van der Waals surface area contributed by atoms with Crippen molar-refractivity contribution >= 4 is 0 Å². The van der Waals surface area contributed by atoms with Gasteiger partial charge in [0.05, 0.1) is 0 Å². The highest BCUT2D eigenvalue weighted by atomic mass is 15.2. The van der Waals surface area contributed by atoms with Crippen LogP contribution in [0.2, 0.25) is 0 Å². The first-order chi connectivity index (χ1) is 5.95. The van der Waals surface area contributed by atoms with Crippen LogP contribution in [0.1, 0.15) is 34.1 Å². The highest BCUT2D eigenvalue weighted by molar-refractivity contribution is 4.95. The van der Waals surface area contributed by atoms with Gasteiger partial charge in [-0.25, -0.2) is 0 Å². The summed E-state index contributed by atoms with van der Waals surface area (Å²) >= 11 is 0. The summed E-state index contributed by atoms with van der Waals surface area (Å²) in [6, 6.07) is 0.689. The van der Waals surface area contributed by atoms with Crippen molar-refractivity contribution in [2.45, 2.75) is 45.7 Å². The zero-order valence-corrected chi connectivity index (χ0v) is 9.72. The third-order valence-corrected chi connectivity index (χ3v) is 3.04. The standard InChI is InChI=1S/C11H24N2/c1-9(2)7-13-8-10(12-5)6-11(13,3)4/h9-10,12H,6-8H2,1-5H3. The van der Waals surface area contributed by atoms with Crippen molar-refractivity contribution in [3.63, 3.8) is 0 Å². The third kappa shape index (κ3) is 2.68. The van der Waals surface area contributed by atoms with Crippen molar-refractivity contribution in [3.8, 4) is 0 Å². The Morgan fingerprint density at radius 3 is 2.46 bits per heavy atom. The fraction of sp³-hybridized carbons (Fsp3) is 1.00. The molecule has 2 heteroatoms. The molecule has 0 aromatic heterocycles. The van der Waals surface area contributed by atoms with E-state index in [1.165, 1.54) is 19.5 Å². The largest absolute Gasteiger partial charge is 0.316 e. The van der Waals surface area contributed by atoms with Crippen LogP contribution in [0.25, 0.3) is 0 Å². The molecule has 0 saturated carbocycles. The molecule has 1 fully saturated rings. The molecule has 0 aromatic carbocycles. The summed E-state index contributed by atoms with van der Waals surface area (Å²) in [6.07, 6.45) is 1.27. The summed E-state index contributed by atoms with van der Waals surface area (Å²) in [5.74, 6) is 0.773. The van der Waals surface area contributed by atoms with E-state index in [0.29, 0.717) is 11.6 Å². The third-order valence-electron chi connectivity index (χ3n) is 3.04. The zero-order chi connectivity index (χ0) is 10.1. The number of likely N-dealkylation sites (N-methyl/N-ethyl adjacent to an activating group) is 1. The SMILES string of the molecule is CNC1CN(CC(C)C)C(C)(C)C1. The van der Waals surface area contributed by atoms with E-state index < -0.39 is 0 Å². The van der Waals surface area contributed by atoms with E-state index in [1.807, 2.05) is 0 Å². The van der Waals surface area contributed by atoms with Crippen LogP contribution in [0.4, 0.5) is 0 Å². The number of nitrogens with zero attached hydrogens (tertiary/aromatic N) is 1. The second-order valence-electron chi connectivity index (χ2n) is 5.30. The van der Waals surface area contributed by atoms with Crippen molar-refractivity contribution in [3.05, 3.63) is 0 Å². The van der Waals surface area contributed by atoms with Crippen LogP contribution in [0, 0.1) is 5.92 Å². The highest BCUT2D eigenvalue weighted by Gasteiger charge is 2.37. The maximum absolute atomic E-state index is 3.38. The predicted molar refractivity (Wildman–Crippen MR) is 58.0 cm³/mol. The molecule has 0 aliphatic carbocycles. The molecule has 0 aromatic rings. The molecular weight excluding hydrogens is 160 g/mol. The van der Waals surface area contributed by atoms with E-state index in [4.69, 9.17) is 0 Å². The van der Waals surface area contributed by atoms with Crippen LogP contribution in [0.15, 0.2) is 0 Å². The summed E-state index contributed by atoms with van der Waals surface area (Å²) in [5.41, 5.74) is 0.387. The highest BCUT2D eigenvalue weighted by Crippen LogP contribution is 2.28. The van der Waals surface area contributed by atoms with E-state index in [-0.39, 0.29) is 0 Å². The first-order valence-corrected chi connectivity index (χ1v) is 5.38. The van der Waals surface area contributed by atoms with E-state index in [1.54, 1.807) is 0 Å². The number of hydrogen-bond acceptors (Lipinski definition) is 2. The molecule has 78 valence electrons. The second kappa shape index (κ2) is 3.97. The van der Waals surface area contributed by atoms with Crippen molar-refractivity contribution in [1.29, 1.82) is 0 Å². The van der Waals surface area contributed by atoms with E-state index in [9.17, 15) is 0 Å². The molecule has 0 spiro atoms. The molecule has 1 aliphatic heterocycles. The average molecular weight is 184 g/mol. The first-order valence-electron chi connectivity index (χ1n) is 5.38. The van der Waals surface area contributed by atoms with Gasteiger partial charge >= 0.3 is 0 Å². The maximum Gasteiger partial charge on any atom is 0.0209 e. The molecule has 1 N–H and O–H groups in total. The fourth-order valence-electron chi connectivity index (χ4n) is 2.27. The monoisotopic (exact) mass is 184 g/mol. The summed E-state index contributed by atoms with van der Waals surface area (Å²) < 4.78 is 0. The minimum Gasteiger partial charge on any atom is -0.316 e. The van der Waals surface area contributed by atoms with E-state index in [2.05, 4.69) is 45.0 Å². The van der Waals surface area contributed by atoms with Gasteiger partial charge in [-0.15, -0.1) is 0 Å². The molecule has 0 radical (unpaired) electrons. The summed E-state index contributed by atoms with van der Waals surface area (Å²) in [4.78, 5) is 2.61. The van der Waals surface area contributed by atoms with Crippen molar-refractivity contribution < 1.29 is 0 Å². The number of likely N-dealkylation sites (tertiary alicyclic amines) is 1. The Balaban J connectivity index is 2.54. The minimum absolute atomic E-state index is 0.387. The van der Waals surface area contributed by atoms with E-state index >= 15 is 0 Å². The molecule has 1 rings (SSSR count). The lowest BCUT2D eigenvalue weighted by molar-refractivity contribution is 0.156. The van der Waals surface area contributed by atoms with Gasteiger partial charge in [-0.2, -0.15) is 0 Å². The molecule has 0 bridgehead atoms. The number of nitrogens with one attached hydrogen (secondary N) is 1. The van der Waals surface area contributed by atoms with Crippen molar-refractivity contribution in [1.82, 2.24) is 10.2 Å². The van der Waals surface area contributed by atoms with Gasteiger partial charge < -0.3 is 5.32 Å². The second-order valence-corrected chi connectivity index (χ2v) is 5.30. The molecule has 13 heavy (non-hydrogen) atoms. The molecular formula is C11H24N2. The quantitative estimate of drug-likeness (QED) is 0.718. The Morgan fingerprint density at radius 1 is 1.46 bits per heavy atom. The van der Waals surface area contributed by atoms with Crippen molar-refractivity contribution in [2.75, 3.05) is 20.1 Å². The predicted octanol–water partition coefficient (Wildman–Crippen LogP) is 1.71. The summed E-state index contributed by atoms with van der Waals surface area (Å²) in [6.45, 7) is 11.7. The lowest BCUT2D eigenvalue weighted by Crippen LogP contribution is -2.40. The Hall–Kier alpha value is -0.0800. The van der Waals surface area contributed by atoms with Crippen LogP contribution < -0.4 is 5.32 Å². The lowest BCUT2D eigenvalue weighted by atomic mass is 9.99. The van der Waals surface area contributed by atoms with E-state index in [0.717, 1.165) is 5.92 Å². The van der Waals surface area contributed by atoms with Gasteiger partial charge in [0.25, 0.3) is 0 Å². The number of hydrogen-bond donors (Lipinski definition) is 1. The molecule has 1 aliphatic rings. The van der Waals surface area contributed by atoms with Crippen LogP contribution in [0.3, 0.4) is 0 Å². The molecule has 1 heterocycles. The zero-order valence-electron chi connectivity index (χ0n) is 9.72.